The van der Waals surface area contributed by atoms with Gasteiger partial charge in [-0.3, -0.25) is 23.9 Å². The summed E-state index contributed by atoms with van der Waals surface area (Å²) in [6.07, 6.45) is 3.94. The van der Waals surface area contributed by atoms with Crippen molar-refractivity contribution in [3.8, 4) is 22.8 Å². The van der Waals surface area contributed by atoms with Crippen LogP contribution in [0.25, 0.3) is 22.2 Å². The molecule has 2 aromatic carbocycles. The van der Waals surface area contributed by atoms with Crippen molar-refractivity contribution in [3.63, 3.8) is 0 Å². The first kappa shape index (κ1) is 39.5. The Hall–Kier alpha value is -4.78. The highest BCUT2D eigenvalue weighted by Gasteiger charge is 2.61. The van der Waals surface area contributed by atoms with Crippen molar-refractivity contribution in [1.29, 1.82) is 0 Å². The van der Waals surface area contributed by atoms with Crippen LogP contribution in [0.15, 0.2) is 67.3 Å². The number of aromatic nitrogens is 1. The monoisotopic (exact) mass is 784 g/mol. The fourth-order valence-corrected chi connectivity index (χ4v) is 9.70. The molecule has 298 valence electrons. The van der Waals surface area contributed by atoms with Crippen LogP contribution in [0.2, 0.25) is 0 Å². The first-order valence-electron chi connectivity index (χ1n) is 19.6. The lowest BCUT2D eigenvalue weighted by molar-refractivity contribution is -0.148. The number of benzene rings is 2. The molecule has 2 aliphatic heterocycles. The Morgan fingerprint density at radius 3 is 2.39 bits per heavy atom. The van der Waals surface area contributed by atoms with Crippen molar-refractivity contribution in [2.24, 2.45) is 22.7 Å². The lowest BCUT2D eigenvalue weighted by Gasteiger charge is -2.35. The average molecular weight is 785 g/mol. The van der Waals surface area contributed by atoms with Gasteiger partial charge in [-0.15, -0.1) is 6.58 Å². The van der Waals surface area contributed by atoms with Gasteiger partial charge in [0.1, 0.15) is 17.6 Å². The molecule has 0 radical (unpaired) electrons. The van der Waals surface area contributed by atoms with Gasteiger partial charge in [0, 0.05) is 55.4 Å². The van der Waals surface area contributed by atoms with Crippen LogP contribution in [0.5, 0.6) is 11.5 Å². The molecule has 56 heavy (non-hydrogen) atoms. The van der Waals surface area contributed by atoms with E-state index in [9.17, 15) is 27.6 Å². The van der Waals surface area contributed by atoms with Crippen LogP contribution in [-0.4, -0.2) is 90.8 Å². The fraction of sp³-hybridized carbons (Fsp3) is 0.512. The molecule has 0 unspecified atom stereocenters. The molecule has 5 atom stereocenters. The smallest absolute Gasteiger partial charge is 0.240 e. The number of Topliss-reactive ketones (excluding diaryl/α,β-unsaturated/α-hetero) is 1. The van der Waals surface area contributed by atoms with Crippen LogP contribution < -0.4 is 14.2 Å². The van der Waals surface area contributed by atoms with Crippen LogP contribution >= 0.6 is 0 Å². The lowest BCUT2D eigenvalue weighted by Crippen LogP contribution is -2.49. The summed E-state index contributed by atoms with van der Waals surface area (Å²) in [4.78, 5) is 64.9. The van der Waals surface area contributed by atoms with E-state index in [0.29, 0.717) is 48.6 Å². The minimum Gasteiger partial charge on any atom is -0.497 e. The second kappa shape index (κ2) is 15.3. The molecule has 13 heteroatoms. The minimum absolute atomic E-state index is 0.00639. The number of rotatable bonds is 14. The van der Waals surface area contributed by atoms with Gasteiger partial charge in [0.2, 0.25) is 27.7 Å². The molecule has 3 amide bonds. The fourth-order valence-electron chi connectivity index (χ4n) is 8.31. The van der Waals surface area contributed by atoms with E-state index in [-0.39, 0.29) is 49.8 Å². The Balaban J connectivity index is 1.21. The Bertz CT molecular complexity index is 2140. The SMILES string of the molecule is C=C[C@@H]1C[C@]1(CC(=O)[C@@H]1C[C@@H](Oc2cc(-c3ccccc3)nc3cc(OC)ccc23)CN1C(=O)[C@@H](CC(=O)N1CCCC1)C(C)(C)C)C(=O)NS(=O)(=O)C1CC1. The summed E-state index contributed by atoms with van der Waals surface area (Å²) in [5.41, 5.74) is 0.293. The number of hydrogen-bond donors (Lipinski definition) is 1. The Labute approximate surface area is 329 Å². The van der Waals surface area contributed by atoms with E-state index in [1.807, 2.05) is 75.4 Å². The summed E-state index contributed by atoms with van der Waals surface area (Å²) in [7, 11) is -2.27. The molecule has 7 rings (SSSR count). The number of pyridine rings is 1. The summed E-state index contributed by atoms with van der Waals surface area (Å²) in [6, 6.07) is 16.1. The molecular weight excluding hydrogens is 733 g/mol. The topological polar surface area (TPSA) is 152 Å². The van der Waals surface area contributed by atoms with E-state index in [1.54, 1.807) is 23.0 Å². The third kappa shape index (κ3) is 8.05. The van der Waals surface area contributed by atoms with Crippen LogP contribution in [0.4, 0.5) is 0 Å². The number of allylic oxidation sites excluding steroid dienone is 1. The summed E-state index contributed by atoms with van der Waals surface area (Å²) < 4.78 is 40.1. The number of ether oxygens (including phenoxy) is 2. The van der Waals surface area contributed by atoms with Gasteiger partial charge < -0.3 is 19.3 Å². The number of nitrogens with one attached hydrogen (secondary N) is 1. The summed E-state index contributed by atoms with van der Waals surface area (Å²) >= 11 is 0. The largest absolute Gasteiger partial charge is 0.497 e. The predicted molar refractivity (Wildman–Crippen MR) is 212 cm³/mol. The van der Waals surface area contributed by atoms with Crippen molar-refractivity contribution in [3.05, 3.63) is 67.3 Å². The van der Waals surface area contributed by atoms with Crippen molar-refractivity contribution in [1.82, 2.24) is 19.5 Å². The van der Waals surface area contributed by atoms with E-state index in [1.165, 1.54) is 0 Å². The molecule has 2 saturated carbocycles. The summed E-state index contributed by atoms with van der Waals surface area (Å²) in [5, 5.41) is 0.118. The van der Waals surface area contributed by atoms with Crippen LogP contribution in [0, 0.1) is 22.7 Å². The number of carbonyl (C=O) groups excluding carboxylic acids is 4. The predicted octanol–water partition coefficient (Wildman–Crippen LogP) is 5.69. The molecule has 2 aliphatic carbocycles. The van der Waals surface area contributed by atoms with Crippen molar-refractivity contribution < 1.29 is 37.1 Å². The van der Waals surface area contributed by atoms with Gasteiger partial charge in [-0.05, 0) is 55.6 Å². The Morgan fingerprint density at radius 1 is 1.05 bits per heavy atom. The quantitative estimate of drug-likeness (QED) is 0.203. The van der Waals surface area contributed by atoms with Gasteiger partial charge in [0.15, 0.2) is 5.78 Å². The molecule has 1 aromatic heterocycles. The molecule has 0 spiro atoms. The maximum Gasteiger partial charge on any atom is 0.240 e. The zero-order valence-electron chi connectivity index (χ0n) is 32.7. The highest BCUT2D eigenvalue weighted by atomic mass is 32.2. The number of nitrogens with zero attached hydrogens (tertiary/aromatic N) is 3. The molecule has 0 bridgehead atoms. The average Bonchev–Trinajstić information content (AvgIpc) is 4.04. The van der Waals surface area contributed by atoms with E-state index in [4.69, 9.17) is 14.5 Å². The van der Waals surface area contributed by atoms with E-state index in [0.717, 1.165) is 23.8 Å². The normalized spacial score (nSPS) is 24.1. The number of likely N-dealkylation sites (tertiary alicyclic amines) is 2. The van der Waals surface area contributed by atoms with Crippen molar-refractivity contribution in [2.75, 3.05) is 26.7 Å². The number of ketones is 1. The van der Waals surface area contributed by atoms with E-state index in [2.05, 4.69) is 11.3 Å². The van der Waals surface area contributed by atoms with Gasteiger partial charge in [0.25, 0.3) is 0 Å². The summed E-state index contributed by atoms with van der Waals surface area (Å²) in [5.74, 6) is -1.45. The van der Waals surface area contributed by atoms with Crippen LogP contribution in [0.1, 0.15) is 72.1 Å². The van der Waals surface area contributed by atoms with Crippen LogP contribution in [-0.2, 0) is 29.2 Å². The molecule has 3 aromatic rings. The molecular formula is C43H52N4O8S. The van der Waals surface area contributed by atoms with Crippen molar-refractivity contribution in [2.45, 2.75) is 89.5 Å². The maximum absolute atomic E-state index is 14.8. The molecule has 4 aliphatic rings. The van der Waals surface area contributed by atoms with Gasteiger partial charge >= 0.3 is 0 Å². The number of hydrogen-bond acceptors (Lipinski definition) is 9. The first-order chi connectivity index (χ1) is 26.6. The standard InChI is InChI=1S/C43H52N4O8S/c1-6-28-24-43(28,41(51)45-56(52,53)31-15-16-31)25-37(48)36-21-30(26-47(36)40(50)33(42(2,3)4)22-39(49)46-18-10-11-19-46)55-38-23-34(27-12-8-7-9-13-27)44-35-20-29(54-5)14-17-32(35)38/h6-9,12-14,17,20,23,28,30-31,33,36H,1,10-11,15-16,18-19,21-22,24-26H2,2-5H3,(H,45,51)/t28-,30-,33-,36+,43-/m1/s1. The number of amides is 3. The van der Waals surface area contributed by atoms with Gasteiger partial charge in [0.05, 0.1) is 47.5 Å². The zero-order valence-corrected chi connectivity index (χ0v) is 33.5. The van der Waals surface area contributed by atoms with Crippen molar-refractivity contribution >= 4 is 44.4 Å². The highest BCUT2D eigenvalue weighted by Crippen LogP contribution is 2.57. The van der Waals surface area contributed by atoms with Crippen LogP contribution in [0.3, 0.4) is 0 Å². The second-order valence-corrected chi connectivity index (χ2v) is 18.9. The second-order valence-electron chi connectivity index (χ2n) is 17.0. The van der Waals surface area contributed by atoms with Gasteiger partial charge in [-0.25, -0.2) is 13.4 Å². The molecule has 3 heterocycles. The van der Waals surface area contributed by atoms with Gasteiger partial charge in [-0.1, -0.05) is 57.2 Å². The molecule has 4 fully saturated rings. The Morgan fingerprint density at radius 2 is 1.77 bits per heavy atom. The third-order valence-electron chi connectivity index (χ3n) is 12.0. The lowest BCUT2D eigenvalue weighted by atomic mass is 9.77. The Kier molecular flexibility index (Phi) is 10.8. The number of carbonyl (C=O) groups is 4. The number of methoxy groups -OCH3 is 1. The molecule has 2 saturated heterocycles. The van der Waals surface area contributed by atoms with Gasteiger partial charge in [-0.2, -0.15) is 0 Å². The molecule has 1 N–H and O–H groups in total. The number of sulfonamides is 1. The zero-order chi connectivity index (χ0) is 40.0. The summed E-state index contributed by atoms with van der Waals surface area (Å²) in [6.45, 7) is 11.0. The van der Waals surface area contributed by atoms with E-state index >= 15 is 0 Å². The maximum atomic E-state index is 14.8. The van der Waals surface area contributed by atoms with E-state index < -0.39 is 56.0 Å². The highest BCUT2D eigenvalue weighted by molar-refractivity contribution is 7.90. The first-order valence-corrected chi connectivity index (χ1v) is 21.2. The minimum atomic E-state index is -3.85. The third-order valence-corrected chi connectivity index (χ3v) is 13.8. The number of fused-ring (bicyclic) bond motifs is 1. The molecule has 12 nitrogen and oxygen atoms in total.